The van der Waals surface area contributed by atoms with Crippen LogP contribution in [0.3, 0.4) is 0 Å². The first-order valence-electron chi connectivity index (χ1n) is 3.84. The third-order valence-electron chi connectivity index (χ3n) is 1.56. The Bertz CT molecular complexity index is 411. The van der Waals surface area contributed by atoms with Crippen LogP contribution in [0.1, 0.15) is 0 Å². The molecule has 7 heteroatoms. The van der Waals surface area contributed by atoms with E-state index in [1.807, 2.05) is 22.6 Å². The number of carbonyl (C=O) groups is 1. The number of amides is 1. The molecule has 1 amide bonds. The van der Waals surface area contributed by atoms with Crippen molar-refractivity contribution in [3.05, 3.63) is 32.8 Å². The van der Waals surface area contributed by atoms with Crippen LogP contribution in [0, 0.1) is 10.1 Å². The van der Waals surface area contributed by atoms with Gasteiger partial charge in [-0.3, -0.25) is 14.9 Å². The van der Waals surface area contributed by atoms with Crippen molar-refractivity contribution in [1.82, 2.24) is 0 Å². The van der Waals surface area contributed by atoms with E-state index in [0.717, 1.165) is 0 Å². The van der Waals surface area contributed by atoms with E-state index in [-0.39, 0.29) is 11.6 Å². The summed E-state index contributed by atoms with van der Waals surface area (Å²) in [6.45, 7) is 0. The lowest BCUT2D eigenvalue weighted by atomic mass is 10.3. The largest absolute Gasteiger partial charge is 0.324 e. The standard InChI is InChI=1S/C8H6BrIN2O3/c9-6-2-1-5(12(14)15)3-7(6)11-8(13)4-10/h1-3H,4H2,(H,11,13). The normalized spacial score (nSPS) is 9.73. The molecule has 15 heavy (non-hydrogen) atoms. The van der Waals surface area contributed by atoms with Crippen LogP contribution in [0.5, 0.6) is 0 Å². The second kappa shape index (κ2) is 5.40. The number of halogens is 2. The fourth-order valence-electron chi connectivity index (χ4n) is 0.906. The van der Waals surface area contributed by atoms with E-state index in [0.29, 0.717) is 14.6 Å². The Balaban J connectivity index is 3.00. The summed E-state index contributed by atoms with van der Waals surface area (Å²) in [5.41, 5.74) is 0.354. The molecule has 1 aromatic carbocycles. The van der Waals surface area contributed by atoms with Crippen molar-refractivity contribution >= 4 is 55.8 Å². The minimum atomic E-state index is -0.508. The number of nitro benzene ring substituents is 1. The molecule has 1 rings (SSSR count). The second-order valence-corrected chi connectivity index (χ2v) is 4.22. The summed E-state index contributed by atoms with van der Waals surface area (Å²) in [4.78, 5) is 21.1. The molecule has 0 atom stereocenters. The van der Waals surface area contributed by atoms with E-state index in [4.69, 9.17) is 0 Å². The summed E-state index contributed by atoms with van der Waals surface area (Å²) in [5.74, 6) is -0.197. The average molecular weight is 385 g/mol. The predicted molar refractivity (Wildman–Crippen MR) is 68.3 cm³/mol. The van der Waals surface area contributed by atoms with Crippen LogP contribution in [0.25, 0.3) is 0 Å². The molecule has 0 fully saturated rings. The van der Waals surface area contributed by atoms with Gasteiger partial charge in [-0.2, -0.15) is 0 Å². The van der Waals surface area contributed by atoms with Crippen LogP contribution in [-0.2, 0) is 4.79 Å². The van der Waals surface area contributed by atoms with Gasteiger partial charge in [0.25, 0.3) is 5.69 Å². The topological polar surface area (TPSA) is 72.2 Å². The van der Waals surface area contributed by atoms with E-state index in [1.54, 1.807) is 0 Å². The first kappa shape index (κ1) is 12.4. The number of rotatable bonds is 3. The van der Waals surface area contributed by atoms with Gasteiger partial charge in [0.15, 0.2) is 0 Å². The monoisotopic (exact) mass is 384 g/mol. The minimum absolute atomic E-state index is 0.0537. The highest BCUT2D eigenvalue weighted by molar-refractivity contribution is 14.1. The highest BCUT2D eigenvalue weighted by Gasteiger charge is 2.10. The number of alkyl halides is 1. The number of benzene rings is 1. The fourth-order valence-corrected chi connectivity index (χ4v) is 1.44. The molecule has 0 unspecified atom stereocenters. The average Bonchev–Trinajstić information content (AvgIpc) is 2.20. The van der Waals surface area contributed by atoms with E-state index in [1.165, 1.54) is 18.2 Å². The van der Waals surface area contributed by atoms with Gasteiger partial charge < -0.3 is 5.32 Å². The molecule has 1 N–H and O–H groups in total. The van der Waals surface area contributed by atoms with Gasteiger partial charge in [-0.1, -0.05) is 22.6 Å². The minimum Gasteiger partial charge on any atom is -0.324 e. The van der Waals surface area contributed by atoms with Crippen LogP contribution in [0.15, 0.2) is 22.7 Å². The molecular weight excluding hydrogens is 379 g/mol. The van der Waals surface area contributed by atoms with Gasteiger partial charge in [0.2, 0.25) is 5.91 Å². The van der Waals surface area contributed by atoms with Gasteiger partial charge in [-0.05, 0) is 22.0 Å². The molecule has 0 heterocycles. The molecule has 0 spiro atoms. The van der Waals surface area contributed by atoms with Gasteiger partial charge >= 0.3 is 0 Å². The number of carbonyl (C=O) groups excluding carboxylic acids is 1. The summed E-state index contributed by atoms with van der Waals surface area (Å²) in [6, 6.07) is 4.21. The predicted octanol–water partition coefficient (Wildman–Crippen LogP) is 2.73. The van der Waals surface area contributed by atoms with Crippen molar-refractivity contribution in [2.75, 3.05) is 9.74 Å². The number of nitrogens with zero attached hydrogens (tertiary/aromatic N) is 1. The van der Waals surface area contributed by atoms with Crippen LogP contribution >= 0.6 is 38.5 Å². The summed E-state index contributed by atoms with van der Waals surface area (Å²) >= 11 is 5.11. The number of anilines is 1. The maximum absolute atomic E-state index is 11.1. The molecule has 0 aromatic heterocycles. The van der Waals surface area contributed by atoms with Gasteiger partial charge in [-0.25, -0.2) is 0 Å². The first-order valence-corrected chi connectivity index (χ1v) is 6.16. The Morgan fingerprint density at radius 1 is 1.60 bits per heavy atom. The number of hydrogen-bond acceptors (Lipinski definition) is 3. The van der Waals surface area contributed by atoms with Gasteiger partial charge in [-0.15, -0.1) is 0 Å². The number of non-ortho nitro benzene ring substituents is 1. The number of hydrogen-bond donors (Lipinski definition) is 1. The van der Waals surface area contributed by atoms with Gasteiger partial charge in [0, 0.05) is 16.6 Å². The Morgan fingerprint density at radius 2 is 2.27 bits per heavy atom. The molecule has 0 saturated carbocycles. The summed E-state index contributed by atoms with van der Waals surface area (Å²) in [5, 5.41) is 13.1. The van der Waals surface area contributed by atoms with Crippen LogP contribution < -0.4 is 5.32 Å². The van der Waals surface area contributed by atoms with Crippen LogP contribution in [0.4, 0.5) is 11.4 Å². The van der Waals surface area contributed by atoms with Crippen LogP contribution in [-0.4, -0.2) is 15.3 Å². The second-order valence-electron chi connectivity index (χ2n) is 2.60. The van der Waals surface area contributed by atoms with E-state index in [2.05, 4.69) is 21.2 Å². The van der Waals surface area contributed by atoms with Crippen molar-refractivity contribution in [2.24, 2.45) is 0 Å². The molecule has 0 saturated heterocycles. The van der Waals surface area contributed by atoms with Gasteiger partial charge in [0.05, 0.1) is 15.0 Å². The van der Waals surface area contributed by atoms with Gasteiger partial charge in [0.1, 0.15) is 0 Å². The number of nitro groups is 1. The van der Waals surface area contributed by atoms with Crippen LogP contribution in [0.2, 0.25) is 0 Å². The van der Waals surface area contributed by atoms with Crippen molar-refractivity contribution in [1.29, 1.82) is 0 Å². The quantitative estimate of drug-likeness (QED) is 0.377. The Kier molecular flexibility index (Phi) is 4.45. The summed E-state index contributed by atoms with van der Waals surface area (Å²) in [7, 11) is 0. The molecule has 0 aliphatic carbocycles. The molecule has 0 aliphatic heterocycles. The van der Waals surface area contributed by atoms with E-state index < -0.39 is 4.92 Å². The molecule has 5 nitrogen and oxygen atoms in total. The third kappa shape index (κ3) is 3.42. The third-order valence-corrected chi connectivity index (χ3v) is 2.94. The highest BCUT2D eigenvalue weighted by atomic mass is 127. The molecule has 1 aromatic rings. The van der Waals surface area contributed by atoms with Crippen molar-refractivity contribution < 1.29 is 9.72 Å². The Labute approximate surface area is 108 Å². The zero-order valence-corrected chi connectivity index (χ0v) is 11.1. The summed E-state index contributed by atoms with van der Waals surface area (Å²) in [6.07, 6.45) is 0. The Hall–Kier alpha value is -0.700. The molecule has 0 radical (unpaired) electrons. The zero-order valence-electron chi connectivity index (χ0n) is 7.37. The summed E-state index contributed by atoms with van der Waals surface area (Å²) < 4.78 is 0.915. The SMILES string of the molecule is O=C(CI)Nc1cc([N+](=O)[O-])ccc1Br. The maximum atomic E-state index is 11.1. The first-order chi connectivity index (χ1) is 7.04. The van der Waals surface area contributed by atoms with Crippen molar-refractivity contribution in [3.8, 4) is 0 Å². The molecule has 80 valence electrons. The lowest BCUT2D eigenvalue weighted by Crippen LogP contribution is -2.12. The van der Waals surface area contributed by atoms with E-state index >= 15 is 0 Å². The van der Waals surface area contributed by atoms with Crippen molar-refractivity contribution in [3.63, 3.8) is 0 Å². The molecule has 0 aliphatic rings. The van der Waals surface area contributed by atoms with E-state index in [9.17, 15) is 14.9 Å². The van der Waals surface area contributed by atoms with Crippen molar-refractivity contribution in [2.45, 2.75) is 0 Å². The fraction of sp³-hybridized carbons (Fsp3) is 0.125. The maximum Gasteiger partial charge on any atom is 0.271 e. The lowest BCUT2D eigenvalue weighted by molar-refractivity contribution is -0.384. The lowest BCUT2D eigenvalue weighted by Gasteiger charge is -2.04. The highest BCUT2D eigenvalue weighted by Crippen LogP contribution is 2.27. The smallest absolute Gasteiger partial charge is 0.271 e. The number of nitrogens with one attached hydrogen (secondary N) is 1. The zero-order chi connectivity index (χ0) is 11.4. The molecular formula is C8H6BrIN2O3. The Morgan fingerprint density at radius 3 is 2.80 bits per heavy atom. The molecule has 0 bridgehead atoms.